The summed E-state index contributed by atoms with van der Waals surface area (Å²) in [4.78, 5) is 21.0. The second kappa shape index (κ2) is 5.49. The van der Waals surface area contributed by atoms with E-state index in [0.717, 1.165) is 12.1 Å². The van der Waals surface area contributed by atoms with Gasteiger partial charge in [0.2, 0.25) is 0 Å². The first-order valence-electron chi connectivity index (χ1n) is 5.38. The third-order valence-corrected chi connectivity index (χ3v) is 5.27. The van der Waals surface area contributed by atoms with Crippen molar-refractivity contribution in [3.8, 4) is 0 Å². The zero-order valence-corrected chi connectivity index (χ0v) is 12.1. The van der Waals surface area contributed by atoms with Crippen LogP contribution in [0.4, 0.5) is 16.5 Å². The van der Waals surface area contributed by atoms with Crippen molar-refractivity contribution in [2.75, 3.05) is 17.1 Å². The van der Waals surface area contributed by atoms with Gasteiger partial charge < -0.3 is 5.32 Å². The fourth-order valence-electron chi connectivity index (χ4n) is 1.40. The van der Waals surface area contributed by atoms with Crippen molar-refractivity contribution in [3.05, 3.63) is 38.7 Å². The van der Waals surface area contributed by atoms with Crippen molar-refractivity contribution in [1.29, 1.82) is 0 Å². The minimum Gasteiger partial charge on any atom is -0.374 e. The molecule has 0 saturated heterocycles. The number of hydrogen-bond donors (Lipinski definition) is 3. The number of hydrogen-bond acceptors (Lipinski definition) is 8. The smallest absolute Gasteiger partial charge is 0.304 e. The molecule has 2 rings (SSSR count). The Morgan fingerprint density at radius 1 is 1.43 bits per heavy atom. The molecule has 0 atom stereocenters. The first-order chi connectivity index (χ1) is 9.83. The van der Waals surface area contributed by atoms with Crippen LogP contribution in [0.15, 0.2) is 27.2 Å². The molecule has 0 aliphatic carbocycles. The highest BCUT2D eigenvalue weighted by Gasteiger charge is 2.26. The minimum absolute atomic E-state index is 0.100. The van der Waals surface area contributed by atoms with Crippen molar-refractivity contribution < 1.29 is 13.3 Å². The monoisotopic (exact) mass is 331 g/mol. The molecule has 0 spiro atoms. The molecule has 0 saturated carbocycles. The molecule has 0 amide bonds. The number of nitrogens with zero attached hydrogens (tertiary/aromatic N) is 2. The molecule has 2 aromatic rings. The number of aromatic amines is 1. The fraction of sp³-hybridized carbons (Fsp3) is 0.111. The first-order valence-corrected chi connectivity index (χ1v) is 7.68. The Balaban J connectivity index is 2.37. The highest BCUT2D eigenvalue weighted by molar-refractivity contribution is 7.94. The van der Waals surface area contributed by atoms with E-state index in [1.807, 2.05) is 0 Å². The van der Waals surface area contributed by atoms with Gasteiger partial charge in [-0.15, -0.1) is 0 Å². The SMILES string of the molecule is CNc1sc(S(=O)(=O)Nc2ccc(=O)[nH]n2)cc1[N+](=O)[O-]. The average molecular weight is 331 g/mol. The van der Waals surface area contributed by atoms with Crippen LogP contribution in [0.25, 0.3) is 0 Å². The summed E-state index contributed by atoms with van der Waals surface area (Å²) in [6.07, 6.45) is 0. The lowest BCUT2D eigenvalue weighted by Gasteiger charge is -2.03. The lowest BCUT2D eigenvalue weighted by molar-refractivity contribution is -0.383. The third kappa shape index (κ3) is 3.17. The molecule has 12 heteroatoms. The maximum absolute atomic E-state index is 12.1. The molecule has 21 heavy (non-hydrogen) atoms. The Morgan fingerprint density at radius 2 is 2.14 bits per heavy atom. The van der Waals surface area contributed by atoms with Gasteiger partial charge in [-0.05, 0) is 6.07 Å². The van der Waals surface area contributed by atoms with E-state index < -0.39 is 20.5 Å². The summed E-state index contributed by atoms with van der Waals surface area (Å²) in [5, 5.41) is 19.1. The number of sulfonamides is 1. The van der Waals surface area contributed by atoms with Gasteiger partial charge in [-0.3, -0.25) is 19.6 Å². The second-order valence-corrected chi connectivity index (χ2v) is 6.66. The molecular weight excluding hydrogens is 322 g/mol. The predicted octanol–water partition coefficient (Wildman–Crippen LogP) is 0.582. The summed E-state index contributed by atoms with van der Waals surface area (Å²) in [5.74, 6) is -0.100. The van der Waals surface area contributed by atoms with Crippen LogP contribution in [0.5, 0.6) is 0 Å². The predicted molar refractivity (Wildman–Crippen MR) is 76.2 cm³/mol. The Morgan fingerprint density at radius 3 is 2.62 bits per heavy atom. The molecule has 112 valence electrons. The number of aromatic nitrogens is 2. The van der Waals surface area contributed by atoms with E-state index in [2.05, 4.69) is 20.2 Å². The van der Waals surface area contributed by atoms with Crippen molar-refractivity contribution >= 4 is 37.9 Å². The molecule has 0 radical (unpaired) electrons. The number of rotatable bonds is 5. The molecule has 0 aliphatic heterocycles. The summed E-state index contributed by atoms with van der Waals surface area (Å²) in [6.45, 7) is 0. The average Bonchev–Trinajstić information content (AvgIpc) is 2.86. The fourth-order valence-corrected chi connectivity index (χ4v) is 3.68. The van der Waals surface area contributed by atoms with E-state index in [-0.39, 0.29) is 20.7 Å². The van der Waals surface area contributed by atoms with Crippen LogP contribution in [0.3, 0.4) is 0 Å². The Bertz CT molecular complexity index is 820. The Kier molecular flexibility index (Phi) is 3.90. The van der Waals surface area contributed by atoms with Crippen LogP contribution in [-0.2, 0) is 10.0 Å². The quantitative estimate of drug-likeness (QED) is 0.536. The zero-order valence-electron chi connectivity index (χ0n) is 10.5. The highest BCUT2D eigenvalue weighted by atomic mass is 32.2. The molecule has 0 aliphatic rings. The van der Waals surface area contributed by atoms with Crippen molar-refractivity contribution in [3.63, 3.8) is 0 Å². The van der Waals surface area contributed by atoms with E-state index in [1.165, 1.54) is 13.1 Å². The summed E-state index contributed by atoms with van der Waals surface area (Å²) in [7, 11) is -2.58. The zero-order chi connectivity index (χ0) is 15.6. The van der Waals surface area contributed by atoms with Gasteiger partial charge in [0.15, 0.2) is 10.8 Å². The number of thiophene rings is 1. The lowest BCUT2D eigenvalue weighted by atomic mass is 10.5. The Labute approximate surface area is 122 Å². The van der Waals surface area contributed by atoms with E-state index in [1.54, 1.807) is 0 Å². The number of anilines is 2. The number of nitrogens with one attached hydrogen (secondary N) is 3. The van der Waals surface area contributed by atoms with Gasteiger partial charge in [0.05, 0.1) is 4.92 Å². The van der Waals surface area contributed by atoms with Crippen LogP contribution in [0.1, 0.15) is 0 Å². The summed E-state index contributed by atoms with van der Waals surface area (Å²) >= 11 is 0.714. The van der Waals surface area contributed by atoms with Gasteiger partial charge >= 0.3 is 5.69 Å². The van der Waals surface area contributed by atoms with Gasteiger partial charge in [0.1, 0.15) is 4.21 Å². The number of nitro groups is 1. The number of H-pyrrole nitrogens is 1. The van der Waals surface area contributed by atoms with E-state index in [4.69, 9.17) is 0 Å². The molecule has 0 aromatic carbocycles. The maximum atomic E-state index is 12.1. The van der Waals surface area contributed by atoms with Gasteiger partial charge in [-0.1, -0.05) is 11.3 Å². The molecule has 0 bridgehead atoms. The molecule has 0 fully saturated rings. The highest BCUT2D eigenvalue weighted by Crippen LogP contribution is 2.37. The van der Waals surface area contributed by atoms with Crippen molar-refractivity contribution in [2.45, 2.75) is 4.21 Å². The topological polar surface area (TPSA) is 147 Å². The van der Waals surface area contributed by atoms with Gasteiger partial charge in [0, 0.05) is 19.2 Å². The maximum Gasteiger partial charge on any atom is 0.304 e. The van der Waals surface area contributed by atoms with Crippen molar-refractivity contribution in [1.82, 2.24) is 10.2 Å². The normalized spacial score (nSPS) is 11.1. The van der Waals surface area contributed by atoms with E-state index >= 15 is 0 Å². The van der Waals surface area contributed by atoms with E-state index in [0.29, 0.717) is 11.3 Å². The molecule has 0 unspecified atom stereocenters. The van der Waals surface area contributed by atoms with Crippen LogP contribution >= 0.6 is 11.3 Å². The minimum atomic E-state index is -4.03. The first kappa shape index (κ1) is 14.9. The van der Waals surface area contributed by atoms with Crippen LogP contribution in [0, 0.1) is 10.1 Å². The molecule has 3 N–H and O–H groups in total. The summed E-state index contributed by atoms with van der Waals surface area (Å²) < 4.78 is 26.1. The lowest BCUT2D eigenvalue weighted by Crippen LogP contribution is -2.15. The van der Waals surface area contributed by atoms with Gasteiger partial charge in [-0.25, -0.2) is 13.5 Å². The Hall–Kier alpha value is -2.47. The van der Waals surface area contributed by atoms with Crippen LogP contribution in [-0.4, -0.2) is 30.6 Å². The second-order valence-electron chi connectivity index (χ2n) is 3.70. The van der Waals surface area contributed by atoms with Gasteiger partial charge in [-0.2, -0.15) is 5.10 Å². The summed E-state index contributed by atoms with van der Waals surface area (Å²) in [5.41, 5.74) is -0.820. The van der Waals surface area contributed by atoms with E-state index in [9.17, 15) is 23.3 Å². The molecular formula is C9H9N5O5S2. The van der Waals surface area contributed by atoms with Crippen LogP contribution < -0.4 is 15.6 Å². The standard InChI is InChI=1S/C9H9N5O5S2/c1-10-9-5(14(16)17)4-8(20-9)21(18,19)13-6-2-3-7(15)12-11-6/h2-4,10H,1H3,(H,11,13)(H,12,15). The molecule has 10 nitrogen and oxygen atoms in total. The van der Waals surface area contributed by atoms with Gasteiger partial charge in [0.25, 0.3) is 15.6 Å². The third-order valence-electron chi connectivity index (χ3n) is 2.30. The largest absolute Gasteiger partial charge is 0.374 e. The van der Waals surface area contributed by atoms with Crippen LogP contribution in [0.2, 0.25) is 0 Å². The molecule has 2 heterocycles. The summed E-state index contributed by atoms with van der Waals surface area (Å²) in [6, 6.07) is 3.22. The van der Waals surface area contributed by atoms with Crippen molar-refractivity contribution in [2.24, 2.45) is 0 Å². The molecule has 2 aromatic heterocycles.